The van der Waals surface area contributed by atoms with Gasteiger partial charge in [0.2, 0.25) is 0 Å². The molecule has 0 fully saturated rings. The third-order valence-electron chi connectivity index (χ3n) is 1.75. The van der Waals surface area contributed by atoms with Crippen LogP contribution in [-0.2, 0) is 14.3 Å². The van der Waals surface area contributed by atoms with Crippen molar-refractivity contribution >= 4 is 5.97 Å². The lowest BCUT2D eigenvalue weighted by molar-refractivity contribution is -0.139. The van der Waals surface area contributed by atoms with Gasteiger partial charge in [-0.25, -0.2) is 4.79 Å². The molecule has 0 amide bonds. The second-order valence-electron chi connectivity index (χ2n) is 3.08. The summed E-state index contributed by atoms with van der Waals surface area (Å²) >= 11 is 0. The van der Waals surface area contributed by atoms with E-state index in [-0.39, 0.29) is 12.6 Å². The molecule has 0 aliphatic heterocycles. The highest BCUT2D eigenvalue weighted by Gasteiger charge is 2.07. The van der Waals surface area contributed by atoms with Crippen molar-refractivity contribution in [3.05, 3.63) is 12.2 Å². The van der Waals surface area contributed by atoms with Crippen LogP contribution in [0.15, 0.2) is 12.2 Å². The van der Waals surface area contributed by atoms with E-state index in [4.69, 9.17) is 9.47 Å². The standard InChI is InChI=1S/C11H20O3/c1-4-6-7-8-14-11(12)10(3)9-13-5-2/h3-9H2,1-2H3. The van der Waals surface area contributed by atoms with E-state index in [2.05, 4.69) is 13.5 Å². The first-order chi connectivity index (χ1) is 6.72. The van der Waals surface area contributed by atoms with E-state index in [1.807, 2.05) is 6.92 Å². The Kier molecular flexibility index (Phi) is 8.24. The lowest BCUT2D eigenvalue weighted by Gasteiger charge is -2.06. The SMILES string of the molecule is C=C(COCC)C(=O)OCCCCC. The molecule has 0 bridgehead atoms. The van der Waals surface area contributed by atoms with E-state index in [9.17, 15) is 4.79 Å². The zero-order valence-corrected chi connectivity index (χ0v) is 9.17. The molecule has 0 radical (unpaired) electrons. The number of ether oxygens (including phenoxy) is 2. The first-order valence-electron chi connectivity index (χ1n) is 5.15. The summed E-state index contributed by atoms with van der Waals surface area (Å²) in [4.78, 5) is 11.2. The molecule has 14 heavy (non-hydrogen) atoms. The zero-order chi connectivity index (χ0) is 10.8. The minimum absolute atomic E-state index is 0.267. The predicted octanol–water partition coefficient (Wildman–Crippen LogP) is 2.31. The van der Waals surface area contributed by atoms with Gasteiger partial charge in [-0.1, -0.05) is 26.3 Å². The van der Waals surface area contributed by atoms with E-state index in [1.54, 1.807) is 0 Å². The fourth-order valence-corrected chi connectivity index (χ4v) is 0.903. The summed E-state index contributed by atoms with van der Waals surface area (Å²) in [5.74, 6) is -0.338. The van der Waals surface area contributed by atoms with Crippen molar-refractivity contribution in [3.63, 3.8) is 0 Å². The van der Waals surface area contributed by atoms with Gasteiger partial charge in [0.25, 0.3) is 0 Å². The summed E-state index contributed by atoms with van der Waals surface area (Å²) in [6.45, 7) is 8.91. The second-order valence-corrected chi connectivity index (χ2v) is 3.08. The summed E-state index contributed by atoms with van der Waals surface area (Å²) in [6.07, 6.45) is 3.13. The molecule has 0 unspecified atom stereocenters. The van der Waals surface area contributed by atoms with Crippen LogP contribution in [0.2, 0.25) is 0 Å². The van der Waals surface area contributed by atoms with Crippen LogP contribution in [0.1, 0.15) is 33.1 Å². The third kappa shape index (κ3) is 6.66. The average molecular weight is 200 g/mol. The lowest BCUT2D eigenvalue weighted by Crippen LogP contribution is -2.12. The van der Waals surface area contributed by atoms with E-state index in [0.717, 1.165) is 19.3 Å². The molecular formula is C11H20O3. The van der Waals surface area contributed by atoms with Crippen LogP contribution in [0, 0.1) is 0 Å². The van der Waals surface area contributed by atoms with Crippen molar-refractivity contribution < 1.29 is 14.3 Å². The summed E-state index contributed by atoms with van der Waals surface area (Å²) in [7, 11) is 0. The monoisotopic (exact) mass is 200 g/mol. The Bertz CT molecular complexity index is 175. The van der Waals surface area contributed by atoms with Crippen molar-refractivity contribution in [3.8, 4) is 0 Å². The lowest BCUT2D eigenvalue weighted by atomic mass is 10.3. The molecule has 0 spiro atoms. The molecule has 0 aliphatic rings. The summed E-state index contributed by atoms with van der Waals surface area (Å²) < 4.78 is 10.0. The quantitative estimate of drug-likeness (QED) is 0.342. The Morgan fingerprint density at radius 3 is 2.57 bits per heavy atom. The van der Waals surface area contributed by atoms with Crippen molar-refractivity contribution in [2.45, 2.75) is 33.1 Å². The van der Waals surface area contributed by atoms with Crippen LogP contribution < -0.4 is 0 Å². The molecule has 0 aliphatic carbocycles. The normalized spacial score (nSPS) is 9.86. The van der Waals surface area contributed by atoms with Gasteiger partial charge < -0.3 is 9.47 Å². The van der Waals surface area contributed by atoms with Crippen molar-refractivity contribution in [1.82, 2.24) is 0 Å². The Labute approximate surface area is 86.1 Å². The predicted molar refractivity (Wildman–Crippen MR) is 56.1 cm³/mol. The van der Waals surface area contributed by atoms with E-state index < -0.39 is 0 Å². The maximum absolute atomic E-state index is 11.2. The Hall–Kier alpha value is -0.830. The van der Waals surface area contributed by atoms with Crippen molar-refractivity contribution in [2.24, 2.45) is 0 Å². The highest BCUT2D eigenvalue weighted by atomic mass is 16.5. The molecule has 82 valence electrons. The Morgan fingerprint density at radius 1 is 1.29 bits per heavy atom. The fraction of sp³-hybridized carbons (Fsp3) is 0.727. The molecule has 3 heteroatoms. The summed E-state index contributed by atoms with van der Waals surface area (Å²) in [6, 6.07) is 0. The molecule has 3 nitrogen and oxygen atoms in total. The summed E-state index contributed by atoms with van der Waals surface area (Å²) in [5, 5.41) is 0. The van der Waals surface area contributed by atoms with E-state index >= 15 is 0 Å². The number of rotatable bonds is 8. The zero-order valence-electron chi connectivity index (χ0n) is 9.17. The first-order valence-corrected chi connectivity index (χ1v) is 5.15. The largest absolute Gasteiger partial charge is 0.462 e. The van der Waals surface area contributed by atoms with E-state index in [1.165, 1.54) is 0 Å². The number of unbranched alkanes of at least 4 members (excludes halogenated alkanes) is 2. The van der Waals surface area contributed by atoms with Crippen LogP contribution >= 0.6 is 0 Å². The first kappa shape index (κ1) is 13.2. The minimum Gasteiger partial charge on any atom is -0.462 e. The van der Waals surface area contributed by atoms with Crippen LogP contribution in [0.5, 0.6) is 0 Å². The number of carbonyl (C=O) groups is 1. The van der Waals surface area contributed by atoms with Gasteiger partial charge in [-0.05, 0) is 13.3 Å². The van der Waals surface area contributed by atoms with Crippen LogP contribution in [0.25, 0.3) is 0 Å². The van der Waals surface area contributed by atoms with Gasteiger partial charge in [0.05, 0.1) is 18.8 Å². The van der Waals surface area contributed by atoms with Crippen LogP contribution in [0.3, 0.4) is 0 Å². The number of hydrogen-bond acceptors (Lipinski definition) is 3. The van der Waals surface area contributed by atoms with Gasteiger partial charge in [0.15, 0.2) is 0 Å². The molecule has 0 rings (SSSR count). The van der Waals surface area contributed by atoms with Gasteiger partial charge in [-0.2, -0.15) is 0 Å². The highest BCUT2D eigenvalue weighted by Crippen LogP contribution is 1.99. The van der Waals surface area contributed by atoms with Crippen molar-refractivity contribution in [1.29, 1.82) is 0 Å². The number of esters is 1. The Balaban J connectivity index is 3.47. The number of hydrogen-bond donors (Lipinski definition) is 0. The van der Waals surface area contributed by atoms with Crippen molar-refractivity contribution in [2.75, 3.05) is 19.8 Å². The molecule has 0 N–H and O–H groups in total. The van der Waals surface area contributed by atoms with Crippen LogP contribution in [-0.4, -0.2) is 25.8 Å². The molecule has 0 aromatic carbocycles. The molecule has 0 aromatic rings. The third-order valence-corrected chi connectivity index (χ3v) is 1.75. The summed E-state index contributed by atoms with van der Waals surface area (Å²) in [5.41, 5.74) is 0.392. The van der Waals surface area contributed by atoms with Gasteiger partial charge in [0.1, 0.15) is 0 Å². The second kappa shape index (κ2) is 8.75. The number of carbonyl (C=O) groups excluding carboxylic acids is 1. The molecule has 0 aromatic heterocycles. The topological polar surface area (TPSA) is 35.5 Å². The smallest absolute Gasteiger partial charge is 0.335 e. The molecule has 0 atom stereocenters. The van der Waals surface area contributed by atoms with E-state index in [0.29, 0.717) is 18.8 Å². The molecule has 0 saturated heterocycles. The van der Waals surface area contributed by atoms with Gasteiger partial charge in [0, 0.05) is 6.61 Å². The van der Waals surface area contributed by atoms with Crippen LogP contribution in [0.4, 0.5) is 0 Å². The maximum Gasteiger partial charge on any atom is 0.335 e. The molecule has 0 heterocycles. The fourth-order valence-electron chi connectivity index (χ4n) is 0.903. The Morgan fingerprint density at radius 2 is 2.00 bits per heavy atom. The molecule has 0 saturated carbocycles. The minimum atomic E-state index is -0.338. The van der Waals surface area contributed by atoms with Gasteiger partial charge >= 0.3 is 5.97 Å². The maximum atomic E-state index is 11.2. The molecular weight excluding hydrogens is 180 g/mol. The average Bonchev–Trinajstić information content (AvgIpc) is 2.20. The van der Waals surface area contributed by atoms with Gasteiger partial charge in [-0.15, -0.1) is 0 Å². The highest BCUT2D eigenvalue weighted by molar-refractivity contribution is 5.87. The van der Waals surface area contributed by atoms with Gasteiger partial charge in [-0.3, -0.25) is 0 Å².